The fraction of sp³-hybridized carbons (Fsp3) is 0.333. The fourth-order valence-electron chi connectivity index (χ4n) is 1.71. The second-order valence-corrected chi connectivity index (χ2v) is 5.03. The third-order valence-electron chi connectivity index (χ3n) is 2.67. The molecule has 0 fully saturated rings. The van der Waals surface area contributed by atoms with Gasteiger partial charge in [0.25, 0.3) is 0 Å². The highest BCUT2D eigenvalue weighted by atomic mass is 32.1. The number of hydrogen-bond acceptors (Lipinski definition) is 3. The third kappa shape index (κ3) is 2.69. The Kier molecular flexibility index (Phi) is 3.85. The molecule has 0 bridgehead atoms. The van der Waals surface area contributed by atoms with E-state index in [1.165, 1.54) is 12.1 Å². The third-order valence-corrected chi connectivity index (χ3v) is 3.60. The standard InChI is InChI=1S/C12H11F3N2O2S/c1-2-7-16-10(18)17(20-11(16)19)9-5-3-8(4-6-9)12(13,14)15/h3-6H,2,7H2,1H3. The maximum Gasteiger partial charge on any atom is 0.416 e. The van der Waals surface area contributed by atoms with Gasteiger partial charge in [0, 0.05) is 18.1 Å². The average molecular weight is 304 g/mol. The van der Waals surface area contributed by atoms with Gasteiger partial charge in [0.15, 0.2) is 0 Å². The first kappa shape index (κ1) is 14.6. The van der Waals surface area contributed by atoms with Crippen LogP contribution in [0.25, 0.3) is 5.69 Å². The molecule has 1 heterocycles. The van der Waals surface area contributed by atoms with Crippen LogP contribution in [0.4, 0.5) is 13.2 Å². The van der Waals surface area contributed by atoms with Gasteiger partial charge in [-0.2, -0.15) is 13.2 Å². The van der Waals surface area contributed by atoms with Crippen LogP contribution in [0.5, 0.6) is 0 Å². The zero-order chi connectivity index (χ0) is 14.9. The molecule has 2 rings (SSSR count). The van der Waals surface area contributed by atoms with E-state index in [9.17, 15) is 22.8 Å². The summed E-state index contributed by atoms with van der Waals surface area (Å²) in [7, 11) is 0. The average Bonchev–Trinajstić information content (AvgIpc) is 2.66. The summed E-state index contributed by atoms with van der Waals surface area (Å²) in [4.78, 5) is 23.2. The first-order chi connectivity index (χ1) is 9.34. The van der Waals surface area contributed by atoms with E-state index in [2.05, 4.69) is 0 Å². The lowest BCUT2D eigenvalue weighted by Crippen LogP contribution is -2.28. The van der Waals surface area contributed by atoms with Gasteiger partial charge in [-0.05, 0) is 30.7 Å². The molecule has 0 unspecified atom stereocenters. The van der Waals surface area contributed by atoms with Crippen molar-refractivity contribution >= 4 is 11.5 Å². The van der Waals surface area contributed by atoms with Crippen LogP contribution in [0.15, 0.2) is 33.9 Å². The van der Waals surface area contributed by atoms with Crippen LogP contribution in [0, 0.1) is 0 Å². The monoisotopic (exact) mass is 304 g/mol. The highest BCUT2D eigenvalue weighted by Crippen LogP contribution is 2.29. The van der Waals surface area contributed by atoms with E-state index in [0.717, 1.165) is 20.7 Å². The number of alkyl halides is 3. The number of benzene rings is 1. The first-order valence-corrected chi connectivity index (χ1v) is 6.62. The largest absolute Gasteiger partial charge is 0.416 e. The molecular weight excluding hydrogens is 293 g/mol. The summed E-state index contributed by atoms with van der Waals surface area (Å²) < 4.78 is 39.5. The molecule has 2 aromatic rings. The summed E-state index contributed by atoms with van der Waals surface area (Å²) in [6.07, 6.45) is -3.80. The lowest BCUT2D eigenvalue weighted by atomic mass is 10.2. The van der Waals surface area contributed by atoms with Crippen molar-refractivity contribution in [3.8, 4) is 5.69 Å². The molecule has 8 heteroatoms. The molecule has 108 valence electrons. The van der Waals surface area contributed by atoms with E-state index in [4.69, 9.17) is 0 Å². The van der Waals surface area contributed by atoms with Gasteiger partial charge in [-0.15, -0.1) is 0 Å². The number of halogens is 3. The van der Waals surface area contributed by atoms with Crippen molar-refractivity contribution in [2.75, 3.05) is 0 Å². The van der Waals surface area contributed by atoms with E-state index in [0.29, 0.717) is 24.5 Å². The summed E-state index contributed by atoms with van der Waals surface area (Å²) in [6.45, 7) is 2.12. The predicted molar refractivity (Wildman–Crippen MR) is 69.5 cm³/mol. The Morgan fingerprint density at radius 3 is 2.25 bits per heavy atom. The van der Waals surface area contributed by atoms with E-state index in [-0.39, 0.29) is 5.69 Å². The Morgan fingerprint density at radius 2 is 1.75 bits per heavy atom. The Balaban J connectivity index is 2.45. The molecule has 0 aliphatic carbocycles. The van der Waals surface area contributed by atoms with E-state index in [1.807, 2.05) is 6.92 Å². The van der Waals surface area contributed by atoms with Crippen molar-refractivity contribution in [3.63, 3.8) is 0 Å². The van der Waals surface area contributed by atoms with Gasteiger partial charge in [0.05, 0.1) is 11.3 Å². The summed E-state index contributed by atoms with van der Waals surface area (Å²) in [6, 6.07) is 4.12. The highest BCUT2D eigenvalue weighted by Gasteiger charge is 2.30. The molecule has 0 radical (unpaired) electrons. The summed E-state index contributed by atoms with van der Waals surface area (Å²) >= 11 is 0.678. The van der Waals surface area contributed by atoms with Crippen LogP contribution in [0.3, 0.4) is 0 Å². The molecule has 0 N–H and O–H groups in total. The Hall–Kier alpha value is -1.83. The Labute approximate surface area is 115 Å². The highest BCUT2D eigenvalue weighted by molar-refractivity contribution is 7.03. The molecule has 1 aromatic carbocycles. The molecule has 0 saturated heterocycles. The maximum absolute atomic E-state index is 12.4. The van der Waals surface area contributed by atoms with Crippen molar-refractivity contribution in [3.05, 3.63) is 50.0 Å². The van der Waals surface area contributed by atoms with Gasteiger partial charge >= 0.3 is 16.7 Å². The van der Waals surface area contributed by atoms with Gasteiger partial charge < -0.3 is 0 Å². The normalized spacial score (nSPS) is 11.8. The lowest BCUT2D eigenvalue weighted by Gasteiger charge is -2.07. The number of rotatable bonds is 3. The SMILES string of the molecule is CCCn1c(=O)sn(-c2ccc(C(F)(F)F)cc2)c1=O. The van der Waals surface area contributed by atoms with Crippen molar-refractivity contribution in [1.82, 2.24) is 8.52 Å². The van der Waals surface area contributed by atoms with Gasteiger partial charge in [0.2, 0.25) is 0 Å². The number of hydrogen-bond donors (Lipinski definition) is 0. The molecule has 0 spiro atoms. The van der Waals surface area contributed by atoms with Crippen LogP contribution < -0.4 is 10.6 Å². The van der Waals surface area contributed by atoms with Gasteiger partial charge in [0.1, 0.15) is 0 Å². The molecule has 1 aromatic heterocycles. The van der Waals surface area contributed by atoms with Gasteiger partial charge in [-0.3, -0.25) is 4.79 Å². The molecule has 4 nitrogen and oxygen atoms in total. The van der Waals surface area contributed by atoms with Gasteiger partial charge in [-0.1, -0.05) is 6.92 Å². The topological polar surface area (TPSA) is 44.0 Å². The number of nitrogens with zero attached hydrogens (tertiary/aromatic N) is 2. The fourth-order valence-corrected chi connectivity index (χ4v) is 2.54. The molecule has 0 aliphatic rings. The van der Waals surface area contributed by atoms with Crippen molar-refractivity contribution in [1.29, 1.82) is 0 Å². The maximum atomic E-state index is 12.4. The number of aromatic nitrogens is 2. The molecule has 20 heavy (non-hydrogen) atoms. The van der Waals surface area contributed by atoms with E-state index < -0.39 is 22.3 Å². The van der Waals surface area contributed by atoms with Crippen LogP contribution in [0.1, 0.15) is 18.9 Å². The van der Waals surface area contributed by atoms with Crippen molar-refractivity contribution < 1.29 is 13.2 Å². The van der Waals surface area contributed by atoms with Crippen LogP contribution in [-0.2, 0) is 12.7 Å². The van der Waals surface area contributed by atoms with E-state index >= 15 is 0 Å². The zero-order valence-corrected chi connectivity index (χ0v) is 11.3. The van der Waals surface area contributed by atoms with Crippen LogP contribution in [-0.4, -0.2) is 8.52 Å². The van der Waals surface area contributed by atoms with Crippen LogP contribution >= 0.6 is 11.5 Å². The van der Waals surface area contributed by atoms with Crippen LogP contribution in [0.2, 0.25) is 0 Å². The second-order valence-electron chi connectivity index (χ2n) is 4.13. The van der Waals surface area contributed by atoms with Gasteiger partial charge in [-0.25, -0.2) is 13.3 Å². The summed E-state index contributed by atoms with van der Waals surface area (Å²) in [5.41, 5.74) is -1.07. The molecular formula is C12H11F3N2O2S. The van der Waals surface area contributed by atoms with Crippen molar-refractivity contribution in [2.24, 2.45) is 0 Å². The quantitative estimate of drug-likeness (QED) is 0.874. The minimum absolute atomic E-state index is 0.250. The minimum Gasteiger partial charge on any atom is -0.255 e. The zero-order valence-electron chi connectivity index (χ0n) is 10.5. The first-order valence-electron chi connectivity index (χ1n) is 5.85. The smallest absolute Gasteiger partial charge is 0.255 e. The Morgan fingerprint density at radius 1 is 1.15 bits per heavy atom. The lowest BCUT2D eigenvalue weighted by molar-refractivity contribution is -0.137. The van der Waals surface area contributed by atoms with Crippen molar-refractivity contribution in [2.45, 2.75) is 26.1 Å². The predicted octanol–water partition coefficient (Wildman–Crippen LogP) is 2.49. The Bertz CT molecular complexity index is 710. The molecule has 0 atom stereocenters. The summed E-state index contributed by atoms with van der Waals surface area (Å²) in [5, 5.41) is 0. The minimum atomic E-state index is -4.43. The second kappa shape index (κ2) is 5.28. The summed E-state index contributed by atoms with van der Waals surface area (Å²) in [5.74, 6) is 0. The molecule has 0 amide bonds. The molecule has 0 saturated carbocycles. The van der Waals surface area contributed by atoms with E-state index in [1.54, 1.807) is 0 Å². The molecule has 0 aliphatic heterocycles.